The molecule has 2 aromatic carbocycles. The van der Waals surface area contributed by atoms with Crippen molar-refractivity contribution in [2.24, 2.45) is 0 Å². The molecular formula is C20H22N2O3S. The number of sulfonamides is 1. The van der Waals surface area contributed by atoms with Crippen LogP contribution in [0.3, 0.4) is 0 Å². The number of carbonyl (C=O) groups excluding carboxylic acids is 1. The standard InChI is InChI=1S/C20H22N2O3S/c1-4-15-22(16-5-2)20(23)17-11-13-19(14-12-17)26(24,25)21(3)18-9-7-6-8-10-18/h4-14H,1-2,15-16H2,3H3. The summed E-state index contributed by atoms with van der Waals surface area (Å²) in [6.45, 7) is 8.06. The van der Waals surface area contributed by atoms with Crippen LogP contribution in [0, 0.1) is 0 Å². The molecule has 0 saturated carbocycles. The molecule has 2 aromatic rings. The number of amides is 1. The highest BCUT2D eigenvalue weighted by atomic mass is 32.2. The van der Waals surface area contributed by atoms with E-state index in [2.05, 4.69) is 13.2 Å². The van der Waals surface area contributed by atoms with E-state index in [9.17, 15) is 13.2 Å². The Morgan fingerprint density at radius 2 is 1.50 bits per heavy atom. The minimum Gasteiger partial charge on any atom is -0.331 e. The van der Waals surface area contributed by atoms with Gasteiger partial charge >= 0.3 is 0 Å². The third-order valence-electron chi connectivity index (χ3n) is 3.87. The van der Waals surface area contributed by atoms with Gasteiger partial charge in [-0.1, -0.05) is 30.4 Å². The third kappa shape index (κ3) is 4.21. The number of para-hydroxylation sites is 1. The molecule has 26 heavy (non-hydrogen) atoms. The molecule has 0 atom stereocenters. The SMILES string of the molecule is C=CCN(CC=C)C(=O)c1ccc(S(=O)(=O)N(C)c2ccccc2)cc1. The van der Waals surface area contributed by atoms with Crippen molar-refractivity contribution in [3.63, 3.8) is 0 Å². The van der Waals surface area contributed by atoms with Crippen LogP contribution in [0.15, 0.2) is 84.8 Å². The Bertz CT molecular complexity index is 865. The summed E-state index contributed by atoms with van der Waals surface area (Å²) < 4.78 is 26.7. The molecule has 0 saturated heterocycles. The minimum atomic E-state index is -3.70. The Balaban J connectivity index is 2.26. The van der Waals surface area contributed by atoms with E-state index in [0.29, 0.717) is 24.3 Å². The van der Waals surface area contributed by atoms with E-state index in [1.165, 1.54) is 35.6 Å². The first-order chi connectivity index (χ1) is 12.4. The number of hydrogen-bond donors (Lipinski definition) is 0. The fourth-order valence-electron chi connectivity index (χ4n) is 2.44. The number of nitrogens with zero attached hydrogens (tertiary/aromatic N) is 2. The van der Waals surface area contributed by atoms with Crippen molar-refractivity contribution < 1.29 is 13.2 Å². The molecule has 136 valence electrons. The Labute approximate surface area is 154 Å². The van der Waals surface area contributed by atoms with Gasteiger partial charge in [0.15, 0.2) is 0 Å². The second kappa shape index (κ2) is 8.49. The monoisotopic (exact) mass is 370 g/mol. The van der Waals surface area contributed by atoms with Crippen molar-refractivity contribution in [2.45, 2.75) is 4.90 Å². The number of benzene rings is 2. The van der Waals surface area contributed by atoms with Gasteiger partial charge in [0.2, 0.25) is 0 Å². The Morgan fingerprint density at radius 1 is 0.962 bits per heavy atom. The zero-order valence-corrected chi connectivity index (χ0v) is 15.5. The van der Waals surface area contributed by atoms with Crippen molar-refractivity contribution in [1.29, 1.82) is 0 Å². The van der Waals surface area contributed by atoms with Crippen LogP contribution >= 0.6 is 0 Å². The lowest BCUT2D eigenvalue weighted by atomic mass is 10.2. The Morgan fingerprint density at radius 3 is 2.00 bits per heavy atom. The summed E-state index contributed by atoms with van der Waals surface area (Å²) in [7, 11) is -2.20. The van der Waals surface area contributed by atoms with Gasteiger partial charge in [-0.25, -0.2) is 8.42 Å². The average molecular weight is 370 g/mol. The molecule has 0 spiro atoms. The molecule has 0 aliphatic rings. The van der Waals surface area contributed by atoms with Gasteiger partial charge in [-0.3, -0.25) is 9.10 Å². The van der Waals surface area contributed by atoms with Gasteiger partial charge in [-0.15, -0.1) is 13.2 Å². The lowest BCUT2D eigenvalue weighted by molar-refractivity contribution is 0.0790. The molecular weight excluding hydrogens is 348 g/mol. The van der Waals surface area contributed by atoms with Crippen molar-refractivity contribution in [3.8, 4) is 0 Å². The zero-order chi connectivity index (χ0) is 19.2. The number of rotatable bonds is 8. The number of carbonyl (C=O) groups is 1. The van der Waals surface area contributed by atoms with Crippen LogP contribution in [0.2, 0.25) is 0 Å². The molecule has 0 aliphatic carbocycles. The summed E-state index contributed by atoms with van der Waals surface area (Å²) in [6.07, 6.45) is 3.27. The fourth-order valence-corrected chi connectivity index (χ4v) is 3.63. The van der Waals surface area contributed by atoms with E-state index in [1.54, 1.807) is 41.3 Å². The van der Waals surface area contributed by atoms with Gasteiger partial charge in [-0.2, -0.15) is 0 Å². The first-order valence-electron chi connectivity index (χ1n) is 8.07. The molecule has 6 heteroatoms. The van der Waals surface area contributed by atoms with Crippen LogP contribution in [-0.4, -0.2) is 39.4 Å². The second-order valence-corrected chi connectivity index (χ2v) is 7.59. The maximum Gasteiger partial charge on any atom is 0.264 e. The van der Waals surface area contributed by atoms with Crippen molar-refractivity contribution in [1.82, 2.24) is 4.90 Å². The lowest BCUT2D eigenvalue weighted by Crippen LogP contribution is -2.31. The van der Waals surface area contributed by atoms with Crippen LogP contribution in [0.4, 0.5) is 5.69 Å². The molecule has 0 N–H and O–H groups in total. The van der Waals surface area contributed by atoms with Crippen LogP contribution in [0.25, 0.3) is 0 Å². The first kappa shape index (κ1) is 19.5. The fraction of sp³-hybridized carbons (Fsp3) is 0.150. The van der Waals surface area contributed by atoms with Gasteiger partial charge in [0, 0.05) is 25.7 Å². The molecule has 0 radical (unpaired) electrons. The second-order valence-electron chi connectivity index (χ2n) is 5.62. The van der Waals surface area contributed by atoms with E-state index in [-0.39, 0.29) is 10.8 Å². The summed E-state index contributed by atoms with van der Waals surface area (Å²) in [6, 6.07) is 14.7. The molecule has 0 aliphatic heterocycles. The van der Waals surface area contributed by atoms with Crippen molar-refractivity contribution in [2.75, 3.05) is 24.4 Å². The molecule has 0 unspecified atom stereocenters. The molecule has 0 heterocycles. The van der Waals surface area contributed by atoms with Crippen molar-refractivity contribution in [3.05, 3.63) is 85.5 Å². The van der Waals surface area contributed by atoms with Gasteiger partial charge in [0.05, 0.1) is 10.6 Å². The molecule has 0 aromatic heterocycles. The maximum absolute atomic E-state index is 12.8. The summed E-state index contributed by atoms with van der Waals surface area (Å²) in [5.41, 5.74) is 0.978. The third-order valence-corrected chi connectivity index (χ3v) is 5.67. The molecule has 0 fully saturated rings. The summed E-state index contributed by atoms with van der Waals surface area (Å²) in [5, 5.41) is 0. The van der Waals surface area contributed by atoms with E-state index < -0.39 is 10.0 Å². The van der Waals surface area contributed by atoms with Gasteiger partial charge < -0.3 is 4.90 Å². The van der Waals surface area contributed by atoms with Crippen molar-refractivity contribution >= 4 is 21.6 Å². The molecule has 5 nitrogen and oxygen atoms in total. The van der Waals surface area contributed by atoms with E-state index in [0.717, 1.165) is 0 Å². The van der Waals surface area contributed by atoms with E-state index in [4.69, 9.17) is 0 Å². The van der Waals surface area contributed by atoms with Gasteiger partial charge in [-0.05, 0) is 36.4 Å². The quantitative estimate of drug-likeness (QED) is 0.670. The Kier molecular flexibility index (Phi) is 6.36. The van der Waals surface area contributed by atoms with Gasteiger partial charge in [0.1, 0.15) is 0 Å². The summed E-state index contributed by atoms with van der Waals surface area (Å²) >= 11 is 0. The topological polar surface area (TPSA) is 57.7 Å². The van der Waals surface area contributed by atoms with Gasteiger partial charge in [0.25, 0.3) is 15.9 Å². The summed E-state index contributed by atoms with van der Waals surface area (Å²) in [5.74, 6) is -0.204. The summed E-state index contributed by atoms with van der Waals surface area (Å²) in [4.78, 5) is 14.2. The highest BCUT2D eigenvalue weighted by Gasteiger charge is 2.22. The Hall–Kier alpha value is -2.86. The normalized spacial score (nSPS) is 10.8. The highest BCUT2D eigenvalue weighted by molar-refractivity contribution is 7.92. The highest BCUT2D eigenvalue weighted by Crippen LogP contribution is 2.22. The number of hydrogen-bond acceptors (Lipinski definition) is 3. The first-order valence-corrected chi connectivity index (χ1v) is 9.51. The predicted molar refractivity (Wildman–Crippen MR) is 105 cm³/mol. The van der Waals surface area contributed by atoms with E-state index >= 15 is 0 Å². The predicted octanol–water partition coefficient (Wildman–Crippen LogP) is 3.33. The van der Waals surface area contributed by atoms with Crippen LogP contribution < -0.4 is 4.31 Å². The maximum atomic E-state index is 12.8. The van der Waals surface area contributed by atoms with Crippen LogP contribution in [-0.2, 0) is 10.0 Å². The smallest absolute Gasteiger partial charge is 0.264 e. The zero-order valence-electron chi connectivity index (χ0n) is 14.7. The van der Waals surface area contributed by atoms with Crippen LogP contribution in [0.5, 0.6) is 0 Å². The lowest BCUT2D eigenvalue weighted by Gasteiger charge is -2.21. The number of anilines is 1. The molecule has 2 rings (SSSR count). The average Bonchev–Trinajstić information content (AvgIpc) is 2.67. The van der Waals surface area contributed by atoms with E-state index in [1.807, 2.05) is 6.07 Å². The largest absolute Gasteiger partial charge is 0.331 e. The molecule has 0 bridgehead atoms. The minimum absolute atomic E-state index is 0.124. The van der Waals surface area contributed by atoms with Crippen LogP contribution in [0.1, 0.15) is 10.4 Å². The molecule has 1 amide bonds.